The SMILES string of the molecule is COC(=O)C1CC(n2cc(C3CC3)c3c(N4CCN(C(=O)OC(C)(C)C)CC4C)ncnc32)C1. The molecule has 3 fully saturated rings. The van der Waals surface area contributed by atoms with Gasteiger partial charge in [-0.05, 0) is 64.9 Å². The average Bonchev–Trinajstić information content (AvgIpc) is 3.52. The number of methoxy groups -OCH3 is 1. The van der Waals surface area contributed by atoms with Crippen molar-refractivity contribution >= 4 is 28.9 Å². The van der Waals surface area contributed by atoms with Gasteiger partial charge < -0.3 is 23.8 Å². The van der Waals surface area contributed by atoms with Crippen LogP contribution < -0.4 is 4.90 Å². The zero-order chi connectivity index (χ0) is 24.2. The third kappa shape index (κ3) is 4.20. The summed E-state index contributed by atoms with van der Waals surface area (Å²) in [6.45, 7) is 9.67. The first-order valence-electron chi connectivity index (χ1n) is 12.3. The molecule has 184 valence electrons. The third-order valence-electron chi connectivity index (χ3n) is 7.23. The molecule has 0 N–H and O–H groups in total. The van der Waals surface area contributed by atoms with Crippen molar-refractivity contribution in [1.29, 1.82) is 0 Å². The molecule has 1 unspecified atom stereocenters. The van der Waals surface area contributed by atoms with Crippen molar-refractivity contribution in [3.8, 4) is 0 Å². The van der Waals surface area contributed by atoms with Crippen molar-refractivity contribution in [3.63, 3.8) is 0 Å². The topological polar surface area (TPSA) is 89.8 Å². The minimum atomic E-state index is -0.507. The Bertz CT molecular complexity index is 1100. The van der Waals surface area contributed by atoms with Gasteiger partial charge in [0.25, 0.3) is 0 Å². The summed E-state index contributed by atoms with van der Waals surface area (Å²) < 4.78 is 12.8. The Morgan fingerprint density at radius 2 is 1.85 bits per heavy atom. The van der Waals surface area contributed by atoms with Crippen LogP contribution >= 0.6 is 0 Å². The first-order valence-corrected chi connectivity index (χ1v) is 12.3. The number of aromatic nitrogens is 3. The molecule has 1 atom stereocenters. The number of fused-ring (bicyclic) bond motifs is 1. The number of amides is 1. The van der Waals surface area contributed by atoms with Gasteiger partial charge in [0.2, 0.25) is 0 Å². The Morgan fingerprint density at radius 3 is 2.47 bits per heavy atom. The molecule has 3 aliphatic rings. The van der Waals surface area contributed by atoms with Crippen molar-refractivity contribution in [3.05, 3.63) is 18.1 Å². The zero-order valence-electron chi connectivity index (χ0n) is 20.8. The van der Waals surface area contributed by atoms with Crippen LogP contribution in [0.4, 0.5) is 10.6 Å². The van der Waals surface area contributed by atoms with E-state index in [1.54, 1.807) is 11.2 Å². The number of carbonyl (C=O) groups excluding carboxylic acids is 2. The number of carbonyl (C=O) groups is 2. The van der Waals surface area contributed by atoms with Crippen molar-refractivity contribution in [2.75, 3.05) is 31.6 Å². The van der Waals surface area contributed by atoms with Crippen LogP contribution in [0.15, 0.2) is 12.5 Å². The fourth-order valence-electron chi connectivity index (χ4n) is 5.24. The molecule has 1 saturated heterocycles. The van der Waals surface area contributed by atoms with Gasteiger partial charge in [-0.3, -0.25) is 4.79 Å². The first-order chi connectivity index (χ1) is 16.2. The van der Waals surface area contributed by atoms with Gasteiger partial charge in [0.05, 0.1) is 18.4 Å². The molecule has 3 heterocycles. The highest BCUT2D eigenvalue weighted by Crippen LogP contribution is 2.48. The summed E-state index contributed by atoms with van der Waals surface area (Å²) >= 11 is 0. The second-order valence-corrected chi connectivity index (χ2v) is 11.0. The Labute approximate surface area is 200 Å². The van der Waals surface area contributed by atoms with E-state index in [0.29, 0.717) is 25.6 Å². The number of anilines is 1. The molecule has 0 spiro atoms. The van der Waals surface area contributed by atoms with E-state index in [0.717, 1.165) is 29.7 Å². The minimum absolute atomic E-state index is 0.0286. The van der Waals surface area contributed by atoms with E-state index >= 15 is 0 Å². The van der Waals surface area contributed by atoms with Crippen LogP contribution in [0, 0.1) is 5.92 Å². The minimum Gasteiger partial charge on any atom is -0.469 e. The summed E-state index contributed by atoms with van der Waals surface area (Å²) in [6.07, 6.45) is 7.57. The molecular formula is C25H35N5O4. The fourth-order valence-corrected chi connectivity index (χ4v) is 5.24. The highest BCUT2D eigenvalue weighted by molar-refractivity contribution is 5.92. The van der Waals surface area contributed by atoms with Gasteiger partial charge in [0, 0.05) is 37.9 Å². The number of rotatable bonds is 4. The van der Waals surface area contributed by atoms with Crippen LogP contribution in [0.25, 0.3) is 11.0 Å². The average molecular weight is 470 g/mol. The lowest BCUT2D eigenvalue weighted by molar-refractivity contribution is -0.149. The highest BCUT2D eigenvalue weighted by atomic mass is 16.6. The van der Waals surface area contributed by atoms with E-state index in [2.05, 4.69) is 22.6 Å². The monoisotopic (exact) mass is 469 g/mol. The molecule has 2 aromatic rings. The molecule has 0 aromatic carbocycles. The van der Waals surface area contributed by atoms with Crippen LogP contribution in [-0.2, 0) is 14.3 Å². The van der Waals surface area contributed by atoms with Gasteiger partial charge >= 0.3 is 12.1 Å². The van der Waals surface area contributed by atoms with Crippen LogP contribution in [0.5, 0.6) is 0 Å². The predicted octanol–water partition coefficient (Wildman–Crippen LogP) is 3.88. The summed E-state index contributed by atoms with van der Waals surface area (Å²) in [5.41, 5.74) is 1.75. The van der Waals surface area contributed by atoms with Gasteiger partial charge in [0.15, 0.2) is 0 Å². The molecule has 5 rings (SSSR count). The second kappa shape index (κ2) is 8.43. The molecule has 2 aliphatic carbocycles. The molecule has 34 heavy (non-hydrogen) atoms. The number of piperazine rings is 1. The Hall–Kier alpha value is -2.84. The quantitative estimate of drug-likeness (QED) is 0.628. The third-order valence-corrected chi connectivity index (χ3v) is 7.23. The maximum absolute atomic E-state index is 12.6. The first kappa shape index (κ1) is 22.9. The van der Waals surface area contributed by atoms with E-state index < -0.39 is 5.60 Å². The number of hydrogen-bond acceptors (Lipinski definition) is 7. The molecule has 2 saturated carbocycles. The van der Waals surface area contributed by atoms with Crippen LogP contribution in [0.3, 0.4) is 0 Å². The van der Waals surface area contributed by atoms with E-state index in [4.69, 9.17) is 19.4 Å². The van der Waals surface area contributed by atoms with Gasteiger partial charge in [-0.1, -0.05) is 0 Å². The van der Waals surface area contributed by atoms with Gasteiger partial charge in [0.1, 0.15) is 23.4 Å². The molecule has 1 aliphatic heterocycles. The van der Waals surface area contributed by atoms with Crippen molar-refractivity contribution in [2.24, 2.45) is 5.92 Å². The molecule has 1 amide bonds. The molecular weight excluding hydrogens is 434 g/mol. The summed E-state index contributed by atoms with van der Waals surface area (Å²) in [7, 11) is 1.45. The standard InChI is InChI=1S/C25H35N5O4/c1-15-12-28(24(32)34-25(2,3)4)8-9-29(15)21-20-19(16-6-7-16)13-30(22(20)27-14-26-21)18-10-17(11-18)23(31)33-5/h13-18H,6-12H2,1-5H3. The van der Waals surface area contributed by atoms with Crippen LogP contribution in [0.2, 0.25) is 0 Å². The summed E-state index contributed by atoms with van der Waals surface area (Å²) in [5.74, 6) is 1.34. The predicted molar refractivity (Wildman–Crippen MR) is 128 cm³/mol. The lowest BCUT2D eigenvalue weighted by Gasteiger charge is -2.41. The Kier molecular flexibility index (Phi) is 5.68. The smallest absolute Gasteiger partial charge is 0.410 e. The molecule has 9 heteroatoms. The highest BCUT2D eigenvalue weighted by Gasteiger charge is 2.40. The summed E-state index contributed by atoms with van der Waals surface area (Å²) in [5, 5.41) is 1.13. The second-order valence-electron chi connectivity index (χ2n) is 11.0. The van der Waals surface area contributed by atoms with E-state index in [9.17, 15) is 9.59 Å². The molecule has 0 radical (unpaired) electrons. The lowest BCUT2D eigenvalue weighted by Crippen LogP contribution is -2.54. The number of nitrogens with zero attached hydrogens (tertiary/aromatic N) is 5. The summed E-state index contributed by atoms with van der Waals surface area (Å²) in [6, 6.07) is 0.352. The van der Waals surface area contributed by atoms with Gasteiger partial charge in [-0.15, -0.1) is 0 Å². The van der Waals surface area contributed by atoms with Gasteiger partial charge in [-0.2, -0.15) is 0 Å². The molecule has 0 bridgehead atoms. The maximum Gasteiger partial charge on any atom is 0.410 e. The van der Waals surface area contributed by atoms with E-state index in [1.807, 2.05) is 20.8 Å². The van der Waals surface area contributed by atoms with E-state index in [1.165, 1.54) is 25.5 Å². The van der Waals surface area contributed by atoms with Crippen molar-refractivity contribution in [2.45, 2.75) is 77.0 Å². The largest absolute Gasteiger partial charge is 0.469 e. The summed E-state index contributed by atoms with van der Waals surface area (Å²) in [4.78, 5) is 38.0. The Morgan fingerprint density at radius 1 is 1.12 bits per heavy atom. The lowest BCUT2D eigenvalue weighted by atomic mass is 9.80. The fraction of sp³-hybridized carbons (Fsp3) is 0.680. The number of hydrogen-bond donors (Lipinski definition) is 0. The zero-order valence-corrected chi connectivity index (χ0v) is 20.8. The molecule has 9 nitrogen and oxygen atoms in total. The normalized spacial score (nSPS) is 25.3. The van der Waals surface area contributed by atoms with Crippen molar-refractivity contribution < 1.29 is 19.1 Å². The molecule has 2 aromatic heterocycles. The Balaban J connectivity index is 1.41. The number of esters is 1. The number of ether oxygens (including phenoxy) is 2. The van der Waals surface area contributed by atoms with Crippen LogP contribution in [-0.4, -0.2) is 69.9 Å². The maximum atomic E-state index is 12.6. The van der Waals surface area contributed by atoms with E-state index in [-0.39, 0.29) is 30.1 Å². The van der Waals surface area contributed by atoms with Crippen LogP contribution in [0.1, 0.15) is 70.9 Å². The van der Waals surface area contributed by atoms with Crippen molar-refractivity contribution in [1.82, 2.24) is 19.4 Å². The van der Waals surface area contributed by atoms with Gasteiger partial charge in [-0.25, -0.2) is 14.8 Å².